The number of nitrogens with one attached hydrogen (secondary N) is 2. The van der Waals surface area contributed by atoms with Crippen molar-refractivity contribution >= 4 is 17.5 Å². The number of fused-ring (bicyclic) bond motifs is 1. The standard InChI is InChI=1S/C22H21ClN2O/c23-19-8-4-7-18-17(19)11-13-21(18)25-22(26)14-10-16-9-12-20(24-16)15-5-2-1-3-6-15/h1-9,12,21,24H,10-11,13-14H2,(H,25,26)/t21-/m0/s1. The molecule has 3 aromatic rings. The number of hydrogen-bond donors (Lipinski definition) is 2. The average Bonchev–Trinajstić information content (AvgIpc) is 3.29. The fraction of sp³-hybridized carbons (Fsp3) is 0.227. The zero-order valence-corrected chi connectivity index (χ0v) is 15.2. The van der Waals surface area contributed by atoms with Gasteiger partial charge in [0.05, 0.1) is 6.04 Å². The van der Waals surface area contributed by atoms with E-state index in [1.807, 2.05) is 30.3 Å². The second kappa shape index (κ2) is 7.38. The minimum atomic E-state index is 0.0821. The van der Waals surface area contributed by atoms with E-state index in [4.69, 9.17) is 11.6 Å². The van der Waals surface area contributed by atoms with Crippen LogP contribution in [0.3, 0.4) is 0 Å². The molecule has 3 nitrogen and oxygen atoms in total. The summed E-state index contributed by atoms with van der Waals surface area (Å²) in [5.74, 6) is 0.0821. The van der Waals surface area contributed by atoms with Gasteiger partial charge in [0.25, 0.3) is 0 Å². The first kappa shape index (κ1) is 16.9. The number of carbonyl (C=O) groups excluding carboxylic acids is 1. The third kappa shape index (κ3) is 3.54. The maximum Gasteiger partial charge on any atom is 0.220 e. The van der Waals surface area contributed by atoms with Gasteiger partial charge in [-0.25, -0.2) is 0 Å². The van der Waals surface area contributed by atoms with Crippen LogP contribution in [0.4, 0.5) is 0 Å². The van der Waals surface area contributed by atoms with Gasteiger partial charge >= 0.3 is 0 Å². The van der Waals surface area contributed by atoms with Gasteiger partial charge in [0.2, 0.25) is 5.91 Å². The number of benzene rings is 2. The molecule has 26 heavy (non-hydrogen) atoms. The molecule has 0 unspecified atom stereocenters. The number of halogens is 1. The molecule has 132 valence electrons. The van der Waals surface area contributed by atoms with Crippen LogP contribution in [0.15, 0.2) is 60.7 Å². The van der Waals surface area contributed by atoms with Crippen LogP contribution in [0.2, 0.25) is 5.02 Å². The lowest BCUT2D eigenvalue weighted by molar-refractivity contribution is -0.121. The van der Waals surface area contributed by atoms with E-state index in [1.165, 1.54) is 5.56 Å². The number of aryl methyl sites for hydroxylation is 1. The van der Waals surface area contributed by atoms with E-state index >= 15 is 0 Å². The molecule has 0 bridgehead atoms. The Kier molecular flexibility index (Phi) is 4.81. The van der Waals surface area contributed by atoms with Crippen LogP contribution in [-0.2, 0) is 17.6 Å². The number of aromatic nitrogens is 1. The normalized spacial score (nSPS) is 15.7. The summed E-state index contributed by atoms with van der Waals surface area (Å²) in [5.41, 5.74) is 5.66. The first-order chi connectivity index (χ1) is 12.7. The summed E-state index contributed by atoms with van der Waals surface area (Å²) in [4.78, 5) is 15.8. The SMILES string of the molecule is O=C(CCc1ccc(-c2ccccc2)[nH]1)N[C@H]1CCc2c(Cl)cccc21. The van der Waals surface area contributed by atoms with Crippen molar-refractivity contribution in [2.24, 2.45) is 0 Å². The maximum atomic E-state index is 12.4. The summed E-state index contributed by atoms with van der Waals surface area (Å²) in [6.07, 6.45) is 3.03. The Balaban J connectivity index is 1.34. The van der Waals surface area contributed by atoms with Crippen molar-refractivity contribution < 1.29 is 4.79 Å². The molecule has 4 rings (SSSR count). The highest BCUT2D eigenvalue weighted by molar-refractivity contribution is 6.31. The minimum absolute atomic E-state index is 0.0821. The molecule has 0 spiro atoms. The van der Waals surface area contributed by atoms with Crippen LogP contribution >= 0.6 is 11.6 Å². The van der Waals surface area contributed by atoms with Crippen LogP contribution in [0.5, 0.6) is 0 Å². The molecule has 2 N–H and O–H groups in total. The molecule has 0 radical (unpaired) electrons. The van der Waals surface area contributed by atoms with Crippen molar-refractivity contribution in [3.05, 3.63) is 82.5 Å². The third-order valence-electron chi connectivity index (χ3n) is 5.00. The van der Waals surface area contributed by atoms with Crippen LogP contribution in [-0.4, -0.2) is 10.9 Å². The second-order valence-electron chi connectivity index (χ2n) is 6.73. The molecule has 4 heteroatoms. The number of H-pyrrole nitrogens is 1. The fourth-order valence-electron chi connectivity index (χ4n) is 3.65. The molecule has 1 aromatic heterocycles. The topological polar surface area (TPSA) is 44.9 Å². The molecular weight excluding hydrogens is 344 g/mol. The van der Waals surface area contributed by atoms with Gasteiger partial charge in [-0.1, -0.05) is 54.1 Å². The Morgan fingerprint density at radius 1 is 1.08 bits per heavy atom. The molecule has 0 fully saturated rings. The van der Waals surface area contributed by atoms with Crippen LogP contribution in [0.25, 0.3) is 11.3 Å². The van der Waals surface area contributed by atoms with Gasteiger partial charge in [-0.05, 0) is 54.2 Å². The van der Waals surface area contributed by atoms with Gasteiger partial charge in [0, 0.05) is 22.8 Å². The lowest BCUT2D eigenvalue weighted by Crippen LogP contribution is -2.27. The lowest BCUT2D eigenvalue weighted by atomic mass is 10.1. The van der Waals surface area contributed by atoms with E-state index in [0.717, 1.165) is 40.4 Å². The van der Waals surface area contributed by atoms with Gasteiger partial charge in [-0.2, -0.15) is 0 Å². The van der Waals surface area contributed by atoms with Crippen LogP contribution < -0.4 is 5.32 Å². The van der Waals surface area contributed by atoms with Gasteiger partial charge in [0.15, 0.2) is 0 Å². The van der Waals surface area contributed by atoms with Gasteiger partial charge < -0.3 is 10.3 Å². The van der Waals surface area contributed by atoms with Crippen molar-refractivity contribution in [3.63, 3.8) is 0 Å². The Morgan fingerprint density at radius 3 is 2.77 bits per heavy atom. The number of aromatic amines is 1. The van der Waals surface area contributed by atoms with E-state index in [1.54, 1.807) is 0 Å². The molecule has 1 aliphatic rings. The quantitative estimate of drug-likeness (QED) is 0.652. The molecule has 0 saturated carbocycles. The number of carbonyl (C=O) groups is 1. The molecule has 1 amide bonds. The van der Waals surface area contributed by atoms with Crippen LogP contribution in [0, 0.1) is 0 Å². The number of hydrogen-bond acceptors (Lipinski definition) is 1. The van der Waals surface area contributed by atoms with Crippen molar-refractivity contribution in [2.45, 2.75) is 31.7 Å². The summed E-state index contributed by atoms with van der Waals surface area (Å²) in [5, 5.41) is 3.96. The molecule has 1 heterocycles. The van der Waals surface area contributed by atoms with Gasteiger partial charge in [0.1, 0.15) is 0 Å². The lowest BCUT2D eigenvalue weighted by Gasteiger charge is -2.14. The largest absolute Gasteiger partial charge is 0.358 e. The van der Waals surface area contributed by atoms with Crippen molar-refractivity contribution in [3.8, 4) is 11.3 Å². The van der Waals surface area contributed by atoms with Crippen molar-refractivity contribution in [1.29, 1.82) is 0 Å². The molecule has 0 saturated heterocycles. The highest BCUT2D eigenvalue weighted by Crippen LogP contribution is 2.35. The predicted molar refractivity (Wildman–Crippen MR) is 105 cm³/mol. The Labute approximate surface area is 158 Å². The van der Waals surface area contributed by atoms with Crippen molar-refractivity contribution in [2.75, 3.05) is 0 Å². The first-order valence-corrected chi connectivity index (χ1v) is 9.38. The number of rotatable bonds is 5. The summed E-state index contributed by atoms with van der Waals surface area (Å²) in [7, 11) is 0. The third-order valence-corrected chi connectivity index (χ3v) is 5.36. The van der Waals surface area contributed by atoms with E-state index in [2.05, 4.69) is 40.6 Å². The summed E-state index contributed by atoms with van der Waals surface area (Å²) in [6, 6.07) is 20.3. The highest BCUT2D eigenvalue weighted by Gasteiger charge is 2.25. The highest BCUT2D eigenvalue weighted by atomic mass is 35.5. The van der Waals surface area contributed by atoms with Gasteiger partial charge in [-0.3, -0.25) is 4.79 Å². The smallest absolute Gasteiger partial charge is 0.220 e. The van der Waals surface area contributed by atoms with E-state index < -0.39 is 0 Å². The second-order valence-corrected chi connectivity index (χ2v) is 7.14. The Bertz CT molecular complexity index is 917. The Morgan fingerprint density at radius 2 is 1.92 bits per heavy atom. The first-order valence-electron chi connectivity index (χ1n) is 9.00. The summed E-state index contributed by atoms with van der Waals surface area (Å²) in [6.45, 7) is 0. The zero-order chi connectivity index (χ0) is 17.9. The number of amides is 1. The van der Waals surface area contributed by atoms with E-state index in [9.17, 15) is 4.79 Å². The van der Waals surface area contributed by atoms with E-state index in [-0.39, 0.29) is 11.9 Å². The van der Waals surface area contributed by atoms with E-state index in [0.29, 0.717) is 12.8 Å². The van der Waals surface area contributed by atoms with Gasteiger partial charge in [-0.15, -0.1) is 0 Å². The molecule has 0 aliphatic heterocycles. The zero-order valence-electron chi connectivity index (χ0n) is 14.5. The van der Waals surface area contributed by atoms with Crippen LogP contribution in [0.1, 0.15) is 35.7 Å². The monoisotopic (exact) mass is 364 g/mol. The molecule has 1 aliphatic carbocycles. The average molecular weight is 365 g/mol. The minimum Gasteiger partial charge on any atom is -0.358 e. The maximum absolute atomic E-state index is 12.4. The predicted octanol–water partition coefficient (Wildman–Crippen LogP) is 5.07. The molecular formula is C22H21ClN2O. The molecule has 1 atom stereocenters. The summed E-state index contributed by atoms with van der Waals surface area (Å²) < 4.78 is 0. The Hall–Kier alpha value is -2.52. The molecule has 2 aromatic carbocycles. The van der Waals surface area contributed by atoms with Crippen molar-refractivity contribution in [1.82, 2.24) is 10.3 Å². The summed E-state index contributed by atoms with van der Waals surface area (Å²) >= 11 is 6.25. The fourth-order valence-corrected chi connectivity index (χ4v) is 3.92.